The zero-order valence-corrected chi connectivity index (χ0v) is 21.7. The van der Waals surface area contributed by atoms with E-state index < -0.39 is 35.8 Å². The van der Waals surface area contributed by atoms with Crippen molar-refractivity contribution in [2.75, 3.05) is 7.05 Å². The van der Waals surface area contributed by atoms with Crippen molar-refractivity contribution in [3.8, 4) is 0 Å². The highest BCUT2D eigenvalue weighted by Gasteiger charge is 2.33. The zero-order valence-electron chi connectivity index (χ0n) is 21.7. The fourth-order valence-electron chi connectivity index (χ4n) is 4.12. The predicted octanol–water partition coefficient (Wildman–Crippen LogP) is 4.31. The number of fused-ring (bicyclic) bond motifs is 1. The number of carbonyl (C=O) groups is 2. The maximum Gasteiger partial charge on any atom is 0.407 e. The number of nitrogens with zero attached hydrogens (tertiary/aromatic N) is 1. The number of amides is 2. The van der Waals surface area contributed by atoms with E-state index in [9.17, 15) is 18.4 Å². The summed E-state index contributed by atoms with van der Waals surface area (Å²) in [6.07, 6.45) is 1.69. The molecule has 1 atom stereocenters. The lowest BCUT2D eigenvalue weighted by Gasteiger charge is -2.27. The number of benzene rings is 1. The van der Waals surface area contributed by atoms with E-state index in [1.165, 1.54) is 17.0 Å². The van der Waals surface area contributed by atoms with Crippen molar-refractivity contribution in [1.29, 1.82) is 16.2 Å². The molecular formula is C26H32F2N6O4. The summed E-state index contributed by atoms with van der Waals surface area (Å²) >= 11 is 0. The van der Waals surface area contributed by atoms with Crippen LogP contribution in [-0.4, -0.2) is 59.6 Å². The summed E-state index contributed by atoms with van der Waals surface area (Å²) in [6.45, 7) is 5.51. The molecule has 0 radical (unpaired) electrons. The number of alkyl halides is 2. The van der Waals surface area contributed by atoms with Crippen LogP contribution in [0.3, 0.4) is 0 Å². The molecule has 2 aliphatic rings. The first kappa shape index (κ1) is 28.5. The Balaban J connectivity index is 1.71. The molecule has 3 rings (SSSR count). The van der Waals surface area contributed by atoms with E-state index in [-0.39, 0.29) is 29.5 Å². The van der Waals surface area contributed by atoms with Crippen molar-refractivity contribution in [2.45, 2.75) is 64.6 Å². The summed E-state index contributed by atoms with van der Waals surface area (Å²) in [5, 5.41) is 29.6. The van der Waals surface area contributed by atoms with E-state index in [0.717, 1.165) is 5.57 Å². The van der Waals surface area contributed by atoms with Gasteiger partial charge >= 0.3 is 12.5 Å². The van der Waals surface area contributed by atoms with Crippen molar-refractivity contribution in [2.24, 2.45) is 0 Å². The van der Waals surface area contributed by atoms with Crippen LogP contribution in [0.2, 0.25) is 0 Å². The molecule has 1 heterocycles. The Hall–Kier alpha value is -4.09. The number of hydrogen-bond acceptors (Lipinski definition) is 8. The van der Waals surface area contributed by atoms with E-state index in [1.54, 1.807) is 40.1 Å². The van der Waals surface area contributed by atoms with Gasteiger partial charge in [-0.2, -0.15) is 8.78 Å². The lowest BCUT2D eigenvalue weighted by molar-refractivity contribution is 0.0501. The van der Waals surface area contributed by atoms with Crippen LogP contribution in [0.5, 0.6) is 0 Å². The summed E-state index contributed by atoms with van der Waals surface area (Å²) in [4.78, 5) is 26.6. The molecule has 2 amide bonds. The number of carbonyl (C=O) groups excluding carboxylic acids is 2. The van der Waals surface area contributed by atoms with Gasteiger partial charge in [0.1, 0.15) is 11.4 Å². The third-order valence-corrected chi connectivity index (χ3v) is 5.88. The quantitative estimate of drug-likeness (QED) is 0.274. The van der Waals surface area contributed by atoms with Crippen molar-refractivity contribution in [1.82, 2.24) is 15.5 Å². The van der Waals surface area contributed by atoms with Crippen LogP contribution < -0.4 is 10.6 Å². The van der Waals surface area contributed by atoms with E-state index in [2.05, 4.69) is 15.4 Å². The van der Waals surface area contributed by atoms with Crippen molar-refractivity contribution in [3.63, 3.8) is 0 Å². The number of alkyl carbamates (subject to hydrolysis) is 1. The molecule has 0 saturated carbocycles. The molecule has 1 aliphatic heterocycles. The zero-order chi connectivity index (χ0) is 28.2. The van der Waals surface area contributed by atoms with Gasteiger partial charge in [0.2, 0.25) is 5.90 Å². The first-order chi connectivity index (χ1) is 17.8. The highest BCUT2D eigenvalue weighted by atomic mass is 19.3. The number of amidine groups is 1. The van der Waals surface area contributed by atoms with Gasteiger partial charge in [-0.1, -0.05) is 12.1 Å². The average Bonchev–Trinajstić information content (AvgIpc) is 3.17. The molecule has 0 aromatic heterocycles. The molecule has 10 nitrogen and oxygen atoms in total. The third kappa shape index (κ3) is 6.81. The lowest BCUT2D eigenvalue weighted by Crippen LogP contribution is -2.40. The highest BCUT2D eigenvalue weighted by molar-refractivity contribution is 6.15. The number of rotatable bonds is 6. The Labute approximate surface area is 219 Å². The lowest BCUT2D eigenvalue weighted by atomic mass is 9.90. The second-order valence-electron chi connectivity index (χ2n) is 9.90. The highest BCUT2D eigenvalue weighted by Crippen LogP contribution is 2.30. The van der Waals surface area contributed by atoms with Gasteiger partial charge in [0.25, 0.3) is 11.8 Å². The largest absolute Gasteiger partial charge is 0.444 e. The normalized spacial score (nSPS) is 17.5. The monoisotopic (exact) mass is 530 g/mol. The van der Waals surface area contributed by atoms with Gasteiger partial charge in [0.05, 0.1) is 6.54 Å². The minimum absolute atomic E-state index is 0.0160. The number of nitrogens with one attached hydrogen (secondary N) is 5. The van der Waals surface area contributed by atoms with Crippen molar-refractivity contribution in [3.05, 3.63) is 58.3 Å². The number of ether oxygens (including phenoxy) is 2. The molecule has 0 bridgehead atoms. The fraction of sp³-hybridized carbons (Fsp3) is 0.423. The number of hydrogen-bond donors (Lipinski definition) is 5. The van der Waals surface area contributed by atoms with Gasteiger partial charge in [0.15, 0.2) is 0 Å². The number of halogens is 2. The fourth-order valence-corrected chi connectivity index (χ4v) is 4.12. The second kappa shape index (κ2) is 11.5. The van der Waals surface area contributed by atoms with E-state index in [1.807, 2.05) is 6.08 Å². The van der Waals surface area contributed by atoms with Crippen LogP contribution in [0.4, 0.5) is 13.6 Å². The Morgan fingerprint density at radius 1 is 1.24 bits per heavy atom. The maximum absolute atomic E-state index is 13.2. The molecule has 204 valence electrons. The van der Waals surface area contributed by atoms with Gasteiger partial charge in [-0.15, -0.1) is 0 Å². The predicted molar refractivity (Wildman–Crippen MR) is 138 cm³/mol. The van der Waals surface area contributed by atoms with E-state index in [0.29, 0.717) is 30.4 Å². The van der Waals surface area contributed by atoms with Crippen LogP contribution in [0, 0.1) is 16.2 Å². The van der Waals surface area contributed by atoms with Crippen LogP contribution in [0.15, 0.2) is 41.6 Å². The molecule has 0 spiro atoms. The standard InChI is InChI=1S/C26H32F2N6O4/c1-26(2,3)38-25(36)33-17-9-7-14(8-10-17)19(12-32-4)21(29)34-13-16-6-5-15(11-18(16)24(34)35)22(30)37-23(31)20(27)28/h5-7,11-12,17,20,29-32H,8-10,13H2,1-4H3,(H,33,36)/b19-12-,29-21?,30-22?,31-23?. The Morgan fingerprint density at radius 2 is 1.95 bits per heavy atom. The molecule has 0 fully saturated rings. The Morgan fingerprint density at radius 3 is 2.53 bits per heavy atom. The molecule has 12 heteroatoms. The van der Waals surface area contributed by atoms with E-state index >= 15 is 0 Å². The van der Waals surface area contributed by atoms with Gasteiger partial charge in [0, 0.05) is 36.0 Å². The van der Waals surface area contributed by atoms with Crippen LogP contribution >= 0.6 is 0 Å². The molecule has 5 N–H and O–H groups in total. The van der Waals surface area contributed by atoms with Crippen LogP contribution in [0.1, 0.15) is 61.5 Å². The SMILES string of the molecule is CN/C=C(\C(=N)N1Cc2ccc(C(=N)OC(=N)C(F)F)cc2C1=O)C1=CCC(NC(=O)OC(C)(C)C)CC1. The van der Waals surface area contributed by atoms with Gasteiger partial charge in [-0.25, -0.2) is 4.79 Å². The molecule has 1 aromatic rings. The van der Waals surface area contributed by atoms with Gasteiger partial charge in [-0.3, -0.25) is 25.9 Å². The van der Waals surface area contributed by atoms with Gasteiger partial charge in [-0.05, 0) is 63.3 Å². The van der Waals surface area contributed by atoms with Crippen molar-refractivity contribution < 1.29 is 27.8 Å². The molecule has 1 aliphatic carbocycles. The van der Waals surface area contributed by atoms with Crippen molar-refractivity contribution >= 4 is 29.6 Å². The second-order valence-corrected chi connectivity index (χ2v) is 9.90. The first-order valence-corrected chi connectivity index (χ1v) is 12.0. The van der Waals surface area contributed by atoms with Crippen LogP contribution in [-0.2, 0) is 16.0 Å². The third-order valence-electron chi connectivity index (χ3n) is 5.88. The summed E-state index contributed by atoms with van der Waals surface area (Å²) in [7, 11) is 1.69. The summed E-state index contributed by atoms with van der Waals surface area (Å²) < 4.78 is 35.1. The Bertz CT molecular complexity index is 1220. The minimum atomic E-state index is -3.16. The molecule has 1 aromatic carbocycles. The topological polar surface area (TPSA) is 151 Å². The molecule has 0 saturated heterocycles. The molecule has 38 heavy (non-hydrogen) atoms. The summed E-state index contributed by atoms with van der Waals surface area (Å²) in [6, 6.07) is 4.26. The molecular weight excluding hydrogens is 498 g/mol. The Kier molecular flexibility index (Phi) is 8.64. The molecule has 1 unspecified atom stereocenters. The minimum Gasteiger partial charge on any atom is -0.444 e. The van der Waals surface area contributed by atoms with E-state index in [4.69, 9.17) is 21.0 Å². The smallest absolute Gasteiger partial charge is 0.407 e. The first-order valence-electron chi connectivity index (χ1n) is 12.0. The van der Waals surface area contributed by atoms with Gasteiger partial charge < -0.3 is 20.1 Å². The maximum atomic E-state index is 13.2. The average molecular weight is 531 g/mol. The summed E-state index contributed by atoms with van der Waals surface area (Å²) in [5.41, 5.74) is 1.71. The summed E-state index contributed by atoms with van der Waals surface area (Å²) in [5.74, 6) is -2.50. The van der Waals surface area contributed by atoms with Crippen LogP contribution in [0.25, 0.3) is 0 Å².